The summed E-state index contributed by atoms with van der Waals surface area (Å²) in [6.45, 7) is 3.43. The number of hydrogen-bond acceptors (Lipinski definition) is 3. The fourth-order valence-electron chi connectivity index (χ4n) is 1.10. The molecule has 0 aliphatic heterocycles. The number of benzene rings is 1. The van der Waals surface area contributed by atoms with E-state index in [-0.39, 0.29) is 12.4 Å². The highest BCUT2D eigenvalue weighted by molar-refractivity contribution is 5.88. The third-order valence-electron chi connectivity index (χ3n) is 2.48. The van der Waals surface area contributed by atoms with Crippen LogP contribution in [0.1, 0.15) is 30.6 Å². The Morgan fingerprint density at radius 1 is 1.53 bits per heavy atom. The molecule has 0 heterocycles. The maximum absolute atomic E-state index is 13.3. The topological polar surface area (TPSA) is 66.8 Å². The summed E-state index contributed by atoms with van der Waals surface area (Å²) in [6.07, 6.45) is 0.503. The van der Waals surface area contributed by atoms with Gasteiger partial charge in [0.25, 0.3) is 0 Å². The van der Waals surface area contributed by atoms with Crippen molar-refractivity contribution >= 4 is 5.97 Å². The first-order chi connectivity index (χ1) is 7.85. The molecule has 0 saturated carbocycles. The van der Waals surface area contributed by atoms with Crippen molar-refractivity contribution in [2.45, 2.75) is 25.9 Å². The van der Waals surface area contributed by atoms with Gasteiger partial charge in [0.15, 0.2) is 0 Å². The van der Waals surface area contributed by atoms with Crippen molar-refractivity contribution in [1.82, 2.24) is 0 Å². The van der Waals surface area contributed by atoms with E-state index in [0.29, 0.717) is 6.42 Å². The van der Waals surface area contributed by atoms with Gasteiger partial charge in [-0.1, -0.05) is 6.92 Å². The molecule has 4 nitrogen and oxygen atoms in total. The third kappa shape index (κ3) is 3.71. The third-order valence-corrected chi connectivity index (χ3v) is 2.48. The summed E-state index contributed by atoms with van der Waals surface area (Å²) in [5.74, 6) is -1.98. The van der Waals surface area contributed by atoms with Crippen molar-refractivity contribution in [3.63, 3.8) is 0 Å². The molecule has 0 amide bonds. The van der Waals surface area contributed by atoms with Crippen LogP contribution in [0.25, 0.3) is 0 Å². The van der Waals surface area contributed by atoms with Gasteiger partial charge in [-0.2, -0.15) is 0 Å². The van der Waals surface area contributed by atoms with Crippen LogP contribution in [0.2, 0.25) is 0 Å². The number of rotatable bonds is 5. The van der Waals surface area contributed by atoms with Crippen LogP contribution in [-0.4, -0.2) is 28.4 Å². The second kappa shape index (κ2) is 5.14. The normalized spacial score (nSPS) is 14.1. The summed E-state index contributed by atoms with van der Waals surface area (Å²) in [7, 11) is 0. The first kappa shape index (κ1) is 13.4. The Balaban J connectivity index is 2.75. The van der Waals surface area contributed by atoms with Crippen molar-refractivity contribution in [2.75, 3.05) is 6.61 Å². The van der Waals surface area contributed by atoms with Crippen molar-refractivity contribution in [3.8, 4) is 5.75 Å². The molecule has 2 N–H and O–H groups in total. The number of aromatic carboxylic acids is 1. The van der Waals surface area contributed by atoms with E-state index in [2.05, 4.69) is 0 Å². The molecule has 1 aromatic rings. The summed E-state index contributed by atoms with van der Waals surface area (Å²) in [5, 5.41) is 18.3. The summed E-state index contributed by atoms with van der Waals surface area (Å²) in [4.78, 5) is 10.6. The second-order valence-electron chi connectivity index (χ2n) is 4.09. The van der Waals surface area contributed by atoms with Crippen LogP contribution in [0.3, 0.4) is 0 Å². The van der Waals surface area contributed by atoms with Crippen molar-refractivity contribution in [3.05, 3.63) is 29.6 Å². The minimum atomic E-state index is -1.32. The van der Waals surface area contributed by atoms with Crippen LogP contribution < -0.4 is 4.74 Å². The van der Waals surface area contributed by atoms with Gasteiger partial charge < -0.3 is 14.9 Å². The molecule has 1 unspecified atom stereocenters. The average Bonchev–Trinajstić information content (AvgIpc) is 2.26. The molecule has 1 rings (SSSR count). The zero-order chi connectivity index (χ0) is 13.1. The van der Waals surface area contributed by atoms with Crippen LogP contribution in [0.5, 0.6) is 5.75 Å². The Morgan fingerprint density at radius 2 is 2.18 bits per heavy atom. The molecule has 17 heavy (non-hydrogen) atoms. The molecule has 0 aliphatic carbocycles. The predicted octanol–water partition coefficient (Wildman–Crippen LogP) is 2.06. The van der Waals surface area contributed by atoms with E-state index in [1.54, 1.807) is 13.8 Å². The van der Waals surface area contributed by atoms with Crippen LogP contribution in [-0.2, 0) is 0 Å². The molecule has 0 fully saturated rings. The summed E-state index contributed by atoms with van der Waals surface area (Å²) in [5.41, 5.74) is -1.39. The monoisotopic (exact) mass is 242 g/mol. The quantitative estimate of drug-likeness (QED) is 0.829. The lowest BCUT2D eigenvalue weighted by molar-refractivity contribution is 0.00834. The fourth-order valence-corrected chi connectivity index (χ4v) is 1.10. The second-order valence-corrected chi connectivity index (χ2v) is 4.09. The highest BCUT2D eigenvalue weighted by Crippen LogP contribution is 2.18. The van der Waals surface area contributed by atoms with Gasteiger partial charge in [0.1, 0.15) is 18.2 Å². The molecule has 1 atom stereocenters. The molecule has 0 radical (unpaired) electrons. The number of aliphatic hydroxyl groups is 1. The van der Waals surface area contributed by atoms with Gasteiger partial charge in [0, 0.05) is 6.07 Å². The van der Waals surface area contributed by atoms with E-state index < -0.39 is 23.0 Å². The van der Waals surface area contributed by atoms with Crippen LogP contribution in [0, 0.1) is 5.82 Å². The average molecular weight is 242 g/mol. The molecule has 1 aromatic carbocycles. The first-order valence-electron chi connectivity index (χ1n) is 5.24. The van der Waals surface area contributed by atoms with Crippen LogP contribution in [0.15, 0.2) is 18.2 Å². The molecule has 94 valence electrons. The maximum Gasteiger partial charge on any atom is 0.338 e. The summed E-state index contributed by atoms with van der Waals surface area (Å²) in [6, 6.07) is 3.49. The van der Waals surface area contributed by atoms with Gasteiger partial charge in [0.05, 0.1) is 11.2 Å². The van der Waals surface area contributed by atoms with Gasteiger partial charge in [0.2, 0.25) is 0 Å². The first-order valence-corrected chi connectivity index (χ1v) is 5.24. The fraction of sp³-hybridized carbons (Fsp3) is 0.417. The van der Waals surface area contributed by atoms with Gasteiger partial charge in [-0.15, -0.1) is 0 Å². The lowest BCUT2D eigenvalue weighted by atomic mass is 10.1. The molecule has 5 heteroatoms. The van der Waals surface area contributed by atoms with Gasteiger partial charge >= 0.3 is 5.97 Å². The Morgan fingerprint density at radius 3 is 2.65 bits per heavy atom. The zero-order valence-corrected chi connectivity index (χ0v) is 9.74. The molecule has 0 aliphatic rings. The molecule has 0 saturated heterocycles. The number of ether oxygens (including phenoxy) is 1. The van der Waals surface area contributed by atoms with Gasteiger partial charge in [-0.25, -0.2) is 9.18 Å². The van der Waals surface area contributed by atoms with Crippen molar-refractivity contribution in [1.29, 1.82) is 0 Å². The number of halogens is 1. The van der Waals surface area contributed by atoms with Crippen molar-refractivity contribution < 1.29 is 24.1 Å². The van der Waals surface area contributed by atoms with E-state index in [9.17, 15) is 14.3 Å². The van der Waals surface area contributed by atoms with E-state index >= 15 is 0 Å². The zero-order valence-electron chi connectivity index (χ0n) is 9.74. The minimum Gasteiger partial charge on any atom is -0.491 e. The lowest BCUT2D eigenvalue weighted by Crippen LogP contribution is -2.31. The molecular formula is C12H15FO4. The predicted molar refractivity (Wildman–Crippen MR) is 59.8 cm³/mol. The van der Waals surface area contributed by atoms with E-state index in [1.165, 1.54) is 6.07 Å². The molecule has 0 aromatic heterocycles. The molecular weight excluding hydrogens is 227 g/mol. The Kier molecular flexibility index (Phi) is 4.07. The number of hydrogen-bond donors (Lipinski definition) is 2. The smallest absolute Gasteiger partial charge is 0.338 e. The largest absolute Gasteiger partial charge is 0.491 e. The highest BCUT2D eigenvalue weighted by atomic mass is 19.1. The van der Waals surface area contributed by atoms with Gasteiger partial charge in [-0.05, 0) is 25.5 Å². The summed E-state index contributed by atoms with van der Waals surface area (Å²) < 4.78 is 18.5. The van der Waals surface area contributed by atoms with Crippen LogP contribution in [0.4, 0.5) is 4.39 Å². The van der Waals surface area contributed by atoms with E-state index in [4.69, 9.17) is 9.84 Å². The van der Waals surface area contributed by atoms with Gasteiger partial charge in [-0.3, -0.25) is 0 Å². The lowest BCUT2D eigenvalue weighted by Gasteiger charge is -2.21. The summed E-state index contributed by atoms with van der Waals surface area (Å²) >= 11 is 0. The van der Waals surface area contributed by atoms with Crippen molar-refractivity contribution in [2.24, 2.45) is 0 Å². The Bertz CT molecular complexity index is 415. The minimum absolute atomic E-state index is 0.0232. The van der Waals surface area contributed by atoms with E-state index in [0.717, 1.165) is 12.1 Å². The molecule has 0 bridgehead atoms. The number of carboxylic acid groups (broad SMARTS) is 1. The highest BCUT2D eigenvalue weighted by Gasteiger charge is 2.19. The molecule has 0 spiro atoms. The maximum atomic E-state index is 13.3. The Labute approximate surface area is 98.7 Å². The van der Waals surface area contributed by atoms with Crippen LogP contribution >= 0.6 is 0 Å². The standard InChI is InChI=1S/C12H15FO4/c1-3-12(2,16)7-17-8-4-5-9(11(14)15)10(13)6-8/h4-6,16H,3,7H2,1-2H3,(H,14,15). The Hall–Kier alpha value is -1.62. The number of carboxylic acids is 1. The SMILES string of the molecule is CCC(C)(O)COc1ccc(C(=O)O)c(F)c1. The number of carbonyl (C=O) groups is 1. The van der Waals surface area contributed by atoms with E-state index in [1.807, 2.05) is 0 Å².